The zero-order valence-corrected chi connectivity index (χ0v) is 17.7. The van der Waals surface area contributed by atoms with Crippen LogP contribution in [0, 0.1) is 5.92 Å². The Kier molecular flexibility index (Phi) is 5.48. The average molecular weight is 425 g/mol. The first-order valence-electron chi connectivity index (χ1n) is 10.1. The van der Waals surface area contributed by atoms with Crippen molar-refractivity contribution in [3.8, 4) is 11.5 Å². The van der Waals surface area contributed by atoms with Crippen molar-refractivity contribution < 1.29 is 27.8 Å². The van der Waals surface area contributed by atoms with Crippen molar-refractivity contribution in [1.29, 1.82) is 0 Å². The van der Waals surface area contributed by atoms with Crippen molar-refractivity contribution in [2.75, 3.05) is 32.7 Å². The number of hydrogen-bond donors (Lipinski definition) is 1. The Bertz CT molecular complexity index is 898. The van der Waals surface area contributed by atoms with Crippen LogP contribution < -0.4 is 9.47 Å². The molecule has 0 amide bonds. The number of benzene rings is 1. The second-order valence-electron chi connectivity index (χ2n) is 8.26. The van der Waals surface area contributed by atoms with Gasteiger partial charge in [0.1, 0.15) is 0 Å². The Hall–Kier alpha value is -1.84. The summed E-state index contributed by atoms with van der Waals surface area (Å²) < 4.78 is 37.4. The van der Waals surface area contributed by atoms with E-state index in [1.165, 1.54) is 17.4 Å². The van der Waals surface area contributed by atoms with Crippen LogP contribution in [0.25, 0.3) is 0 Å². The number of carboxylic acid groups (broad SMARTS) is 1. The highest BCUT2D eigenvalue weighted by Gasteiger charge is 2.45. The lowest BCUT2D eigenvalue weighted by Gasteiger charge is -2.51. The first-order valence-corrected chi connectivity index (χ1v) is 11.9. The summed E-state index contributed by atoms with van der Waals surface area (Å²) >= 11 is 0. The predicted octanol–water partition coefficient (Wildman–Crippen LogP) is 1.85. The number of sulfonamides is 1. The average Bonchev–Trinajstić information content (AvgIpc) is 3.10. The number of carboxylic acids is 1. The van der Waals surface area contributed by atoms with Crippen LogP contribution in [0.5, 0.6) is 11.5 Å². The summed E-state index contributed by atoms with van der Waals surface area (Å²) in [6.07, 6.45) is 5.37. The summed E-state index contributed by atoms with van der Waals surface area (Å²) in [6.45, 7) is 4.08. The molecule has 29 heavy (non-hydrogen) atoms. The lowest BCUT2D eigenvalue weighted by atomic mass is 9.77. The third kappa shape index (κ3) is 4.08. The fourth-order valence-electron chi connectivity index (χ4n) is 5.21. The molecule has 0 radical (unpaired) electrons. The molecule has 8 nitrogen and oxygen atoms in total. The molecular formula is C20H28N2O6S. The SMILES string of the molecule is CC(=O)O.CS(=O)(=O)N1CCC[C@@H]2CN3CCc4cc5c(cc4[C@@H]3C[C@@H]21)OCO5. The fourth-order valence-corrected chi connectivity index (χ4v) is 6.42. The number of aliphatic carboxylic acids is 1. The van der Waals surface area contributed by atoms with E-state index in [-0.39, 0.29) is 12.1 Å². The lowest BCUT2D eigenvalue weighted by Crippen LogP contribution is -2.57. The molecule has 1 N–H and O–H groups in total. The third-order valence-electron chi connectivity index (χ3n) is 6.33. The van der Waals surface area contributed by atoms with E-state index in [9.17, 15) is 8.42 Å². The van der Waals surface area contributed by atoms with Gasteiger partial charge >= 0.3 is 0 Å². The number of nitrogens with zero attached hydrogens (tertiary/aromatic N) is 2. The molecule has 4 heterocycles. The van der Waals surface area contributed by atoms with E-state index in [1.54, 1.807) is 4.31 Å². The lowest BCUT2D eigenvalue weighted by molar-refractivity contribution is -0.134. The van der Waals surface area contributed by atoms with Crippen molar-refractivity contribution >= 4 is 16.0 Å². The molecule has 160 valence electrons. The Labute approximate surface area is 171 Å². The van der Waals surface area contributed by atoms with Crippen LogP contribution in [-0.2, 0) is 21.2 Å². The van der Waals surface area contributed by atoms with Gasteiger partial charge in [0, 0.05) is 38.6 Å². The number of fused-ring (bicyclic) bond motifs is 5. The van der Waals surface area contributed by atoms with Crippen LogP contribution >= 0.6 is 0 Å². The van der Waals surface area contributed by atoms with Crippen molar-refractivity contribution in [2.24, 2.45) is 5.92 Å². The van der Waals surface area contributed by atoms with Gasteiger partial charge in [-0.3, -0.25) is 9.69 Å². The van der Waals surface area contributed by atoms with E-state index in [4.69, 9.17) is 19.4 Å². The maximum Gasteiger partial charge on any atom is 0.300 e. The Morgan fingerprint density at radius 3 is 2.59 bits per heavy atom. The maximum atomic E-state index is 12.3. The van der Waals surface area contributed by atoms with Gasteiger partial charge in [0.15, 0.2) is 11.5 Å². The highest BCUT2D eigenvalue weighted by molar-refractivity contribution is 7.88. The normalized spacial score (nSPS) is 28.4. The van der Waals surface area contributed by atoms with Gasteiger partial charge in [0.2, 0.25) is 16.8 Å². The first-order chi connectivity index (χ1) is 13.7. The zero-order chi connectivity index (χ0) is 20.8. The first kappa shape index (κ1) is 20.4. The minimum absolute atomic E-state index is 0.126. The molecule has 0 aromatic heterocycles. The highest BCUT2D eigenvalue weighted by atomic mass is 32.2. The highest BCUT2D eigenvalue weighted by Crippen LogP contribution is 2.46. The third-order valence-corrected chi connectivity index (χ3v) is 7.64. The summed E-state index contributed by atoms with van der Waals surface area (Å²) in [5.41, 5.74) is 2.62. The number of carbonyl (C=O) groups is 1. The molecule has 0 unspecified atom stereocenters. The number of ether oxygens (including phenoxy) is 2. The van der Waals surface area contributed by atoms with E-state index < -0.39 is 16.0 Å². The quantitative estimate of drug-likeness (QED) is 0.735. The minimum atomic E-state index is -3.15. The summed E-state index contributed by atoms with van der Waals surface area (Å²) in [5, 5.41) is 7.42. The molecular weight excluding hydrogens is 396 g/mol. The fraction of sp³-hybridized carbons (Fsp3) is 0.650. The van der Waals surface area contributed by atoms with Gasteiger partial charge in [-0.1, -0.05) is 0 Å². The second kappa shape index (κ2) is 7.77. The molecule has 4 aliphatic heterocycles. The molecule has 1 aromatic carbocycles. The monoisotopic (exact) mass is 424 g/mol. The molecule has 0 saturated carbocycles. The molecule has 2 saturated heterocycles. The van der Waals surface area contributed by atoms with Gasteiger partial charge in [0.05, 0.1) is 6.26 Å². The Balaban J connectivity index is 0.000000472. The summed E-state index contributed by atoms with van der Waals surface area (Å²) in [6, 6.07) is 4.65. The van der Waals surface area contributed by atoms with Crippen LogP contribution in [0.2, 0.25) is 0 Å². The summed E-state index contributed by atoms with van der Waals surface area (Å²) in [7, 11) is -3.15. The van der Waals surface area contributed by atoms with Crippen LogP contribution in [-0.4, -0.2) is 67.4 Å². The topological polar surface area (TPSA) is 96.4 Å². The van der Waals surface area contributed by atoms with Crippen molar-refractivity contribution in [3.63, 3.8) is 0 Å². The van der Waals surface area contributed by atoms with E-state index in [0.29, 0.717) is 19.3 Å². The standard InChI is InChI=1S/C18H24N2O4S.C2H4O2/c1-25(21,22)20-5-2-3-13-10-19-6-4-12-7-17-18(24-11-23-17)8-14(12)16(19)9-15(13)20;1-2(3)4/h7-8,13,15-16H,2-6,9-11H2,1H3;1H3,(H,3,4)/t13-,15+,16+;/m1./s1. The predicted molar refractivity (Wildman–Crippen MR) is 107 cm³/mol. The van der Waals surface area contributed by atoms with Crippen molar-refractivity contribution in [3.05, 3.63) is 23.3 Å². The Morgan fingerprint density at radius 2 is 1.90 bits per heavy atom. The molecule has 0 spiro atoms. The van der Waals surface area contributed by atoms with Gasteiger partial charge in [-0.15, -0.1) is 0 Å². The molecule has 3 atom stereocenters. The van der Waals surface area contributed by atoms with E-state index >= 15 is 0 Å². The summed E-state index contributed by atoms with van der Waals surface area (Å²) in [5.74, 6) is 1.29. The van der Waals surface area contributed by atoms with Crippen LogP contribution in [0.15, 0.2) is 12.1 Å². The van der Waals surface area contributed by atoms with Crippen LogP contribution in [0.3, 0.4) is 0 Å². The van der Waals surface area contributed by atoms with E-state index in [1.807, 2.05) is 0 Å². The smallest absolute Gasteiger partial charge is 0.300 e. The molecule has 2 fully saturated rings. The van der Waals surface area contributed by atoms with Gasteiger partial charge in [0.25, 0.3) is 5.97 Å². The molecule has 0 bridgehead atoms. The second-order valence-corrected chi connectivity index (χ2v) is 10.2. The van der Waals surface area contributed by atoms with Gasteiger partial charge in [-0.05, 0) is 54.9 Å². The minimum Gasteiger partial charge on any atom is -0.481 e. The maximum absolute atomic E-state index is 12.3. The zero-order valence-electron chi connectivity index (χ0n) is 16.8. The molecule has 1 aromatic rings. The van der Waals surface area contributed by atoms with Crippen LogP contribution in [0.1, 0.15) is 43.4 Å². The summed E-state index contributed by atoms with van der Waals surface area (Å²) in [4.78, 5) is 11.6. The Morgan fingerprint density at radius 1 is 1.21 bits per heavy atom. The van der Waals surface area contributed by atoms with Gasteiger partial charge < -0.3 is 14.6 Å². The molecule has 4 aliphatic rings. The number of piperidine rings is 2. The van der Waals surface area contributed by atoms with Gasteiger partial charge in [-0.2, -0.15) is 4.31 Å². The van der Waals surface area contributed by atoms with E-state index in [2.05, 4.69) is 17.0 Å². The van der Waals surface area contributed by atoms with Gasteiger partial charge in [-0.25, -0.2) is 8.42 Å². The van der Waals surface area contributed by atoms with Crippen molar-refractivity contribution in [2.45, 2.75) is 44.7 Å². The molecule has 0 aliphatic carbocycles. The molecule has 9 heteroatoms. The van der Waals surface area contributed by atoms with E-state index in [0.717, 1.165) is 57.2 Å². The number of hydrogen-bond acceptors (Lipinski definition) is 6. The van der Waals surface area contributed by atoms with Crippen molar-refractivity contribution in [1.82, 2.24) is 9.21 Å². The van der Waals surface area contributed by atoms with Crippen LogP contribution in [0.4, 0.5) is 0 Å². The largest absolute Gasteiger partial charge is 0.481 e. The number of rotatable bonds is 1. The molecule has 5 rings (SSSR count).